The van der Waals surface area contributed by atoms with E-state index in [1.165, 1.54) is 7.11 Å². The van der Waals surface area contributed by atoms with Crippen LogP contribution in [0.2, 0.25) is 5.02 Å². The number of amides is 1. The van der Waals surface area contributed by atoms with E-state index in [1.807, 2.05) is 12.1 Å². The highest BCUT2D eigenvalue weighted by molar-refractivity contribution is 6.31. The van der Waals surface area contributed by atoms with Crippen molar-refractivity contribution in [1.82, 2.24) is 4.98 Å². The van der Waals surface area contributed by atoms with Gasteiger partial charge in [-0.15, -0.1) is 0 Å². The zero-order valence-electron chi connectivity index (χ0n) is 14.0. The van der Waals surface area contributed by atoms with Crippen molar-refractivity contribution >= 4 is 35.0 Å². The number of rotatable bonds is 4. The number of nitrogens with zero attached hydrogens (tertiary/aromatic N) is 2. The number of pyridine rings is 1. The van der Waals surface area contributed by atoms with Crippen LogP contribution >= 0.6 is 11.6 Å². The number of benzene rings is 1. The van der Waals surface area contributed by atoms with E-state index in [0.717, 1.165) is 5.69 Å². The van der Waals surface area contributed by atoms with Gasteiger partial charge in [-0.25, -0.2) is 9.78 Å². The monoisotopic (exact) mass is 359 g/mol. The van der Waals surface area contributed by atoms with Crippen LogP contribution in [0.1, 0.15) is 22.5 Å². The molecule has 1 aromatic heterocycles. The largest absolute Gasteiger partial charge is 0.465 e. The number of anilines is 2. The standard InChI is InChI=1S/C18H18ClN3O3/c1-11-14(18(24)25-2)6-7-16(20-11)21-15-8-9-22(17(15)23)13-5-3-4-12(19)10-13/h3-7,10,15H,8-9H2,1-2H3,(H,20,21). The molecule has 0 radical (unpaired) electrons. The third kappa shape index (κ3) is 3.58. The highest BCUT2D eigenvalue weighted by atomic mass is 35.5. The van der Waals surface area contributed by atoms with E-state index in [4.69, 9.17) is 16.3 Å². The van der Waals surface area contributed by atoms with Crippen LogP contribution < -0.4 is 10.2 Å². The zero-order valence-corrected chi connectivity index (χ0v) is 14.7. The molecule has 0 spiro atoms. The highest BCUT2D eigenvalue weighted by Crippen LogP contribution is 2.26. The molecule has 6 nitrogen and oxygen atoms in total. The molecule has 0 saturated carbocycles. The smallest absolute Gasteiger partial charge is 0.339 e. The number of hydrogen-bond donors (Lipinski definition) is 1. The lowest BCUT2D eigenvalue weighted by Gasteiger charge is -2.18. The van der Waals surface area contributed by atoms with Gasteiger partial charge < -0.3 is 15.0 Å². The predicted octanol–water partition coefficient (Wildman–Crippen LogP) is 3.05. The summed E-state index contributed by atoms with van der Waals surface area (Å²) in [5.41, 5.74) is 1.74. The minimum atomic E-state index is -0.430. The van der Waals surface area contributed by atoms with Crippen LogP contribution in [0, 0.1) is 6.92 Å². The molecule has 0 aliphatic carbocycles. The van der Waals surface area contributed by atoms with E-state index < -0.39 is 5.97 Å². The number of aromatic nitrogens is 1. The van der Waals surface area contributed by atoms with Gasteiger partial charge in [0.1, 0.15) is 11.9 Å². The van der Waals surface area contributed by atoms with Gasteiger partial charge in [-0.3, -0.25) is 4.79 Å². The van der Waals surface area contributed by atoms with E-state index >= 15 is 0 Å². The first-order valence-electron chi connectivity index (χ1n) is 7.89. The van der Waals surface area contributed by atoms with Crippen molar-refractivity contribution in [3.8, 4) is 0 Å². The van der Waals surface area contributed by atoms with Gasteiger partial charge in [-0.2, -0.15) is 0 Å². The van der Waals surface area contributed by atoms with Gasteiger partial charge in [0.05, 0.1) is 18.4 Å². The van der Waals surface area contributed by atoms with Crippen molar-refractivity contribution in [2.75, 3.05) is 23.9 Å². The highest BCUT2D eigenvalue weighted by Gasteiger charge is 2.32. The molecule has 1 unspecified atom stereocenters. The Morgan fingerprint density at radius 1 is 1.36 bits per heavy atom. The number of methoxy groups -OCH3 is 1. The van der Waals surface area contributed by atoms with Crippen LogP contribution in [0.15, 0.2) is 36.4 Å². The zero-order chi connectivity index (χ0) is 18.0. The molecule has 25 heavy (non-hydrogen) atoms. The first kappa shape index (κ1) is 17.2. The van der Waals surface area contributed by atoms with Crippen LogP contribution in [0.25, 0.3) is 0 Å². The normalized spacial score (nSPS) is 16.8. The third-order valence-corrected chi connectivity index (χ3v) is 4.37. The summed E-state index contributed by atoms with van der Waals surface area (Å²) in [5, 5.41) is 3.74. The molecule has 130 valence electrons. The van der Waals surface area contributed by atoms with Crippen LogP contribution in [-0.2, 0) is 9.53 Å². The van der Waals surface area contributed by atoms with Gasteiger partial charge in [0, 0.05) is 17.3 Å². The number of nitrogens with one attached hydrogen (secondary N) is 1. The maximum absolute atomic E-state index is 12.6. The van der Waals surface area contributed by atoms with Crippen LogP contribution in [0.3, 0.4) is 0 Å². The molecule has 1 N–H and O–H groups in total. The molecule has 7 heteroatoms. The Balaban J connectivity index is 1.73. The Morgan fingerprint density at radius 2 is 2.16 bits per heavy atom. The fourth-order valence-electron chi connectivity index (χ4n) is 2.86. The van der Waals surface area contributed by atoms with E-state index in [-0.39, 0.29) is 11.9 Å². The fourth-order valence-corrected chi connectivity index (χ4v) is 3.04. The number of carbonyl (C=O) groups excluding carboxylic acids is 2. The molecule has 1 fully saturated rings. The molecule has 1 aliphatic rings. The molecule has 1 atom stereocenters. The second-order valence-electron chi connectivity index (χ2n) is 5.78. The van der Waals surface area contributed by atoms with Gasteiger partial charge in [-0.05, 0) is 43.7 Å². The molecular formula is C18H18ClN3O3. The van der Waals surface area contributed by atoms with Gasteiger partial charge >= 0.3 is 5.97 Å². The summed E-state index contributed by atoms with van der Waals surface area (Å²) < 4.78 is 4.71. The molecule has 1 aromatic carbocycles. The van der Waals surface area contributed by atoms with Gasteiger partial charge in [0.15, 0.2) is 0 Å². The number of ether oxygens (including phenoxy) is 1. The molecule has 3 rings (SSSR count). The Hall–Kier alpha value is -2.60. The van der Waals surface area contributed by atoms with Gasteiger partial charge in [0.25, 0.3) is 0 Å². The van der Waals surface area contributed by atoms with E-state index in [2.05, 4.69) is 10.3 Å². The van der Waals surface area contributed by atoms with Crippen molar-refractivity contribution in [2.24, 2.45) is 0 Å². The molecule has 0 bridgehead atoms. The molecule has 2 aromatic rings. The second-order valence-corrected chi connectivity index (χ2v) is 6.21. The first-order valence-corrected chi connectivity index (χ1v) is 8.27. The fraction of sp³-hybridized carbons (Fsp3) is 0.278. The number of carbonyl (C=O) groups is 2. The Kier molecular flexibility index (Phi) is 4.90. The maximum Gasteiger partial charge on any atom is 0.339 e. The summed E-state index contributed by atoms with van der Waals surface area (Å²) in [7, 11) is 1.33. The van der Waals surface area contributed by atoms with E-state index in [0.29, 0.717) is 35.1 Å². The average molecular weight is 360 g/mol. The van der Waals surface area contributed by atoms with Gasteiger partial charge in [0.2, 0.25) is 5.91 Å². The third-order valence-electron chi connectivity index (χ3n) is 4.14. The van der Waals surface area contributed by atoms with Crippen molar-refractivity contribution in [1.29, 1.82) is 0 Å². The van der Waals surface area contributed by atoms with Crippen molar-refractivity contribution in [2.45, 2.75) is 19.4 Å². The van der Waals surface area contributed by atoms with Crippen molar-refractivity contribution in [3.63, 3.8) is 0 Å². The lowest BCUT2D eigenvalue weighted by molar-refractivity contribution is -0.117. The van der Waals surface area contributed by atoms with Crippen molar-refractivity contribution in [3.05, 3.63) is 52.7 Å². The molecule has 1 amide bonds. The SMILES string of the molecule is COC(=O)c1ccc(NC2CCN(c3cccc(Cl)c3)C2=O)nc1C. The quantitative estimate of drug-likeness (QED) is 0.849. The summed E-state index contributed by atoms with van der Waals surface area (Å²) in [6, 6.07) is 10.2. The predicted molar refractivity (Wildman–Crippen MR) is 96.1 cm³/mol. The lowest BCUT2D eigenvalue weighted by atomic mass is 10.2. The minimum absolute atomic E-state index is 0.0289. The number of halogens is 1. The number of hydrogen-bond acceptors (Lipinski definition) is 5. The van der Waals surface area contributed by atoms with Crippen LogP contribution in [0.4, 0.5) is 11.5 Å². The summed E-state index contributed by atoms with van der Waals surface area (Å²) in [6.07, 6.45) is 0.658. The Labute approximate surface area is 150 Å². The average Bonchev–Trinajstić information content (AvgIpc) is 2.95. The lowest BCUT2D eigenvalue weighted by Crippen LogP contribution is -2.33. The Morgan fingerprint density at radius 3 is 2.84 bits per heavy atom. The first-order chi connectivity index (χ1) is 12.0. The number of aryl methyl sites for hydroxylation is 1. The second kappa shape index (κ2) is 7.11. The van der Waals surface area contributed by atoms with E-state index in [9.17, 15) is 9.59 Å². The van der Waals surface area contributed by atoms with Gasteiger partial charge in [-0.1, -0.05) is 17.7 Å². The maximum atomic E-state index is 12.6. The van der Waals surface area contributed by atoms with Crippen LogP contribution in [0.5, 0.6) is 0 Å². The summed E-state index contributed by atoms with van der Waals surface area (Å²) >= 11 is 6.01. The molecular weight excluding hydrogens is 342 g/mol. The number of esters is 1. The summed E-state index contributed by atoms with van der Waals surface area (Å²) in [6.45, 7) is 2.34. The summed E-state index contributed by atoms with van der Waals surface area (Å²) in [4.78, 5) is 30.3. The Bertz CT molecular complexity index is 825. The minimum Gasteiger partial charge on any atom is -0.465 e. The molecule has 2 heterocycles. The molecule has 1 aliphatic heterocycles. The van der Waals surface area contributed by atoms with E-state index in [1.54, 1.807) is 36.1 Å². The van der Waals surface area contributed by atoms with Crippen LogP contribution in [-0.4, -0.2) is 36.6 Å². The topological polar surface area (TPSA) is 71.5 Å². The summed E-state index contributed by atoms with van der Waals surface area (Å²) in [5.74, 6) is 0.0934. The molecule has 1 saturated heterocycles. The van der Waals surface area contributed by atoms with Crippen molar-refractivity contribution < 1.29 is 14.3 Å².